The van der Waals surface area contributed by atoms with Gasteiger partial charge in [-0.15, -0.1) is 0 Å². The minimum absolute atomic E-state index is 0.00320. The number of ether oxygens (including phenoxy) is 1. The molecule has 0 aliphatic heterocycles. The molecule has 3 aromatic rings. The van der Waals surface area contributed by atoms with E-state index >= 15 is 0 Å². The number of imidazole rings is 1. The van der Waals surface area contributed by atoms with E-state index in [0.29, 0.717) is 19.6 Å². The van der Waals surface area contributed by atoms with Crippen molar-refractivity contribution in [2.75, 3.05) is 13.2 Å². The first-order valence-electron chi connectivity index (χ1n) is 10.00. The van der Waals surface area contributed by atoms with Crippen molar-refractivity contribution in [1.29, 1.82) is 0 Å². The summed E-state index contributed by atoms with van der Waals surface area (Å²) in [6, 6.07) is 14.2. The maximum atomic E-state index is 12.1. The molecule has 1 heterocycles. The molecule has 0 unspecified atom stereocenters. The molecule has 28 heavy (non-hydrogen) atoms. The topological polar surface area (TPSA) is 56.2 Å². The number of carbonyl (C=O) groups excluding carboxylic acids is 1. The number of carbonyl (C=O) groups is 1. The van der Waals surface area contributed by atoms with Crippen LogP contribution < -0.4 is 10.1 Å². The summed E-state index contributed by atoms with van der Waals surface area (Å²) in [5.41, 5.74) is 4.49. The molecule has 0 fully saturated rings. The van der Waals surface area contributed by atoms with E-state index in [4.69, 9.17) is 9.72 Å². The molecule has 0 radical (unpaired) electrons. The molecular weight excluding hydrogens is 350 g/mol. The maximum absolute atomic E-state index is 12.1. The van der Waals surface area contributed by atoms with E-state index in [9.17, 15) is 4.79 Å². The van der Waals surface area contributed by atoms with Gasteiger partial charge in [-0.1, -0.05) is 31.2 Å². The van der Waals surface area contributed by atoms with E-state index in [1.54, 1.807) is 0 Å². The maximum Gasteiger partial charge on any atom is 0.223 e. The van der Waals surface area contributed by atoms with Crippen LogP contribution in [0.4, 0.5) is 0 Å². The normalized spacial score (nSPS) is 11.0. The highest BCUT2D eigenvalue weighted by Crippen LogP contribution is 2.20. The zero-order valence-corrected chi connectivity index (χ0v) is 17.0. The molecule has 2 aromatic carbocycles. The fraction of sp³-hybridized carbons (Fsp3) is 0.391. The second-order valence-electron chi connectivity index (χ2n) is 7.06. The summed E-state index contributed by atoms with van der Waals surface area (Å²) < 4.78 is 8.02. The van der Waals surface area contributed by atoms with Crippen molar-refractivity contribution in [2.24, 2.45) is 0 Å². The van der Waals surface area contributed by atoms with Crippen molar-refractivity contribution in [3.63, 3.8) is 0 Å². The lowest BCUT2D eigenvalue weighted by Crippen LogP contribution is -2.27. The van der Waals surface area contributed by atoms with Gasteiger partial charge in [0.15, 0.2) is 0 Å². The van der Waals surface area contributed by atoms with Gasteiger partial charge in [-0.2, -0.15) is 0 Å². The smallest absolute Gasteiger partial charge is 0.223 e. The number of nitrogens with one attached hydrogen (secondary N) is 1. The van der Waals surface area contributed by atoms with Gasteiger partial charge >= 0.3 is 0 Å². The second kappa shape index (κ2) is 9.40. The molecule has 0 saturated carbocycles. The molecule has 0 bridgehead atoms. The second-order valence-corrected chi connectivity index (χ2v) is 7.06. The first-order chi connectivity index (χ1) is 13.6. The standard InChI is InChI=1S/C23H29N3O2/c1-4-15-26-20-10-6-5-9-19(20)25-22(26)12-14-24-23(27)13-16-28-21-11-7-8-17(2)18(21)3/h5-11H,4,12-16H2,1-3H3,(H,24,27). The fourth-order valence-electron chi connectivity index (χ4n) is 3.33. The quantitative estimate of drug-likeness (QED) is 0.606. The summed E-state index contributed by atoms with van der Waals surface area (Å²) in [6.07, 6.45) is 2.12. The Balaban J connectivity index is 1.48. The highest BCUT2D eigenvalue weighted by molar-refractivity contribution is 5.76. The number of para-hydroxylation sites is 2. The fourth-order valence-corrected chi connectivity index (χ4v) is 3.33. The van der Waals surface area contributed by atoms with Crippen molar-refractivity contribution >= 4 is 16.9 Å². The Kier molecular flexibility index (Phi) is 6.69. The third-order valence-corrected chi connectivity index (χ3v) is 4.99. The minimum Gasteiger partial charge on any atom is -0.493 e. The Morgan fingerprint density at radius 3 is 2.79 bits per heavy atom. The van der Waals surface area contributed by atoms with Gasteiger partial charge in [-0.3, -0.25) is 4.79 Å². The summed E-state index contributed by atoms with van der Waals surface area (Å²) >= 11 is 0. The first kappa shape index (κ1) is 19.9. The lowest BCUT2D eigenvalue weighted by molar-refractivity contribution is -0.121. The molecule has 0 saturated heterocycles. The molecule has 1 amide bonds. The van der Waals surface area contributed by atoms with E-state index in [1.807, 2.05) is 37.3 Å². The van der Waals surface area contributed by atoms with Crippen LogP contribution in [0.1, 0.15) is 36.7 Å². The van der Waals surface area contributed by atoms with Gasteiger partial charge in [0.25, 0.3) is 0 Å². The molecule has 5 heteroatoms. The molecular formula is C23H29N3O2. The first-order valence-corrected chi connectivity index (χ1v) is 10.00. The van der Waals surface area contributed by atoms with Crippen LogP contribution in [0.5, 0.6) is 5.75 Å². The van der Waals surface area contributed by atoms with E-state index in [-0.39, 0.29) is 5.91 Å². The molecule has 0 atom stereocenters. The summed E-state index contributed by atoms with van der Waals surface area (Å²) in [5, 5.41) is 2.98. The van der Waals surface area contributed by atoms with Gasteiger partial charge < -0.3 is 14.6 Å². The summed E-state index contributed by atoms with van der Waals surface area (Å²) in [4.78, 5) is 16.9. The molecule has 0 spiro atoms. The number of aryl methyl sites for hydroxylation is 2. The van der Waals surface area contributed by atoms with Gasteiger partial charge in [0.1, 0.15) is 11.6 Å². The number of benzene rings is 2. The largest absolute Gasteiger partial charge is 0.493 e. The van der Waals surface area contributed by atoms with E-state index in [0.717, 1.165) is 47.6 Å². The minimum atomic E-state index is 0.00320. The van der Waals surface area contributed by atoms with Crippen molar-refractivity contribution < 1.29 is 9.53 Å². The highest BCUT2D eigenvalue weighted by Gasteiger charge is 2.10. The molecule has 148 valence electrons. The van der Waals surface area contributed by atoms with Crippen LogP contribution in [0, 0.1) is 13.8 Å². The number of nitrogens with zero attached hydrogens (tertiary/aromatic N) is 2. The number of rotatable bonds is 9. The van der Waals surface area contributed by atoms with Crippen LogP contribution in [0.3, 0.4) is 0 Å². The van der Waals surface area contributed by atoms with Crippen LogP contribution >= 0.6 is 0 Å². The molecule has 1 aromatic heterocycles. The average Bonchev–Trinajstić information content (AvgIpc) is 3.03. The Labute approximate surface area is 166 Å². The highest BCUT2D eigenvalue weighted by atomic mass is 16.5. The molecule has 0 aliphatic rings. The Morgan fingerprint density at radius 2 is 1.96 bits per heavy atom. The molecule has 5 nitrogen and oxygen atoms in total. The Bertz CT molecular complexity index is 946. The van der Waals surface area contributed by atoms with Gasteiger partial charge in [0.2, 0.25) is 5.91 Å². The summed E-state index contributed by atoms with van der Waals surface area (Å²) in [7, 11) is 0. The van der Waals surface area contributed by atoms with Crippen LogP contribution in [0.15, 0.2) is 42.5 Å². The number of hydrogen-bond donors (Lipinski definition) is 1. The van der Waals surface area contributed by atoms with Crippen LogP contribution in [-0.2, 0) is 17.8 Å². The number of amides is 1. The number of aromatic nitrogens is 2. The zero-order valence-electron chi connectivity index (χ0n) is 17.0. The van der Waals surface area contributed by atoms with Crippen LogP contribution in [-0.4, -0.2) is 28.6 Å². The van der Waals surface area contributed by atoms with Crippen molar-refractivity contribution in [2.45, 2.75) is 46.6 Å². The SMILES string of the molecule is CCCn1c(CCNC(=O)CCOc2cccc(C)c2C)nc2ccccc21. The van der Waals surface area contributed by atoms with E-state index in [1.165, 1.54) is 5.56 Å². The molecule has 3 rings (SSSR count). The van der Waals surface area contributed by atoms with E-state index in [2.05, 4.69) is 35.9 Å². The predicted molar refractivity (Wildman–Crippen MR) is 113 cm³/mol. The third kappa shape index (κ3) is 4.71. The Hall–Kier alpha value is -2.82. The lowest BCUT2D eigenvalue weighted by Gasteiger charge is -2.11. The Morgan fingerprint density at radius 1 is 1.14 bits per heavy atom. The van der Waals surface area contributed by atoms with E-state index < -0.39 is 0 Å². The zero-order chi connectivity index (χ0) is 19.9. The van der Waals surface area contributed by atoms with Crippen molar-refractivity contribution in [1.82, 2.24) is 14.9 Å². The van der Waals surface area contributed by atoms with Crippen molar-refractivity contribution in [3.8, 4) is 5.75 Å². The third-order valence-electron chi connectivity index (χ3n) is 4.99. The van der Waals surface area contributed by atoms with Gasteiger partial charge in [0, 0.05) is 19.5 Å². The van der Waals surface area contributed by atoms with Crippen LogP contribution in [0.25, 0.3) is 11.0 Å². The van der Waals surface area contributed by atoms with Crippen LogP contribution in [0.2, 0.25) is 0 Å². The molecule has 1 N–H and O–H groups in total. The lowest BCUT2D eigenvalue weighted by atomic mass is 10.1. The van der Waals surface area contributed by atoms with Crippen molar-refractivity contribution in [3.05, 3.63) is 59.4 Å². The van der Waals surface area contributed by atoms with Gasteiger partial charge in [-0.05, 0) is 49.6 Å². The monoisotopic (exact) mass is 379 g/mol. The summed E-state index contributed by atoms with van der Waals surface area (Å²) in [5.74, 6) is 1.87. The summed E-state index contributed by atoms with van der Waals surface area (Å²) in [6.45, 7) is 8.15. The molecule has 0 aliphatic carbocycles. The average molecular weight is 380 g/mol. The van der Waals surface area contributed by atoms with Gasteiger partial charge in [-0.25, -0.2) is 4.98 Å². The predicted octanol–water partition coefficient (Wildman–Crippen LogP) is 4.19. The number of fused-ring (bicyclic) bond motifs is 1. The number of hydrogen-bond acceptors (Lipinski definition) is 3. The van der Waals surface area contributed by atoms with Gasteiger partial charge in [0.05, 0.1) is 24.1 Å².